The van der Waals surface area contributed by atoms with E-state index < -0.39 is 46.0 Å². The highest BCUT2D eigenvalue weighted by Gasteiger charge is 2.25. The summed E-state index contributed by atoms with van der Waals surface area (Å²) in [4.78, 5) is 7.84. The van der Waals surface area contributed by atoms with Crippen LogP contribution >= 0.6 is 40.3 Å². The first-order valence-corrected chi connectivity index (χ1v) is 10.6. The van der Waals surface area contributed by atoms with Crippen LogP contribution in [0, 0.1) is 30.2 Å². The fourth-order valence-electron chi connectivity index (χ4n) is 2.75. The van der Waals surface area contributed by atoms with Gasteiger partial charge in [-0.3, -0.25) is 0 Å². The Balaban J connectivity index is 0.000000214. The molecule has 0 radical (unpaired) electrons. The number of piperazine rings is 1. The van der Waals surface area contributed by atoms with Crippen LogP contribution in [0.2, 0.25) is 0 Å². The SMILES string of the molecule is Cc1cc(Br)cnc1N1CCN(C)CC1.FSc1c(F)c(F)c(NC=S)c(F)c1F. The molecule has 1 aliphatic rings. The minimum absolute atomic E-state index is 0.669. The third-order valence-electron chi connectivity index (χ3n) is 4.32. The molecule has 0 unspecified atom stereocenters. The molecule has 0 amide bonds. The van der Waals surface area contributed by atoms with Gasteiger partial charge in [0.1, 0.15) is 16.4 Å². The van der Waals surface area contributed by atoms with Gasteiger partial charge < -0.3 is 15.1 Å². The predicted octanol–water partition coefficient (Wildman–Crippen LogP) is 5.49. The number of thiocarbonyl (C=S) groups is 1. The van der Waals surface area contributed by atoms with Crippen LogP contribution in [-0.4, -0.2) is 48.6 Å². The topological polar surface area (TPSA) is 31.4 Å². The number of hydrogen-bond acceptors (Lipinski definition) is 5. The van der Waals surface area contributed by atoms with E-state index in [0.717, 1.165) is 36.5 Å². The molecule has 164 valence electrons. The summed E-state index contributed by atoms with van der Waals surface area (Å²) in [7, 11) is 2.17. The summed E-state index contributed by atoms with van der Waals surface area (Å²) in [6, 6.07) is 2.13. The molecule has 2 heterocycles. The Labute approximate surface area is 189 Å². The van der Waals surface area contributed by atoms with Crippen LogP contribution in [0.4, 0.5) is 33.0 Å². The second kappa shape index (κ2) is 11.2. The zero-order valence-electron chi connectivity index (χ0n) is 16.0. The molecule has 4 nitrogen and oxygen atoms in total. The van der Waals surface area contributed by atoms with Crippen LogP contribution in [0.15, 0.2) is 21.6 Å². The predicted molar refractivity (Wildman–Crippen MR) is 117 cm³/mol. The third-order valence-corrected chi connectivity index (χ3v) is 5.39. The number of nitrogens with one attached hydrogen (secondary N) is 1. The Morgan fingerprint density at radius 2 is 1.67 bits per heavy atom. The van der Waals surface area contributed by atoms with E-state index in [4.69, 9.17) is 0 Å². The summed E-state index contributed by atoms with van der Waals surface area (Å²) in [5.41, 5.74) is 0.828. The lowest BCUT2D eigenvalue weighted by atomic mass is 10.2. The molecule has 1 saturated heterocycles. The van der Waals surface area contributed by atoms with Gasteiger partial charge in [-0.05, 0) is 41.5 Å². The van der Waals surface area contributed by atoms with Crippen LogP contribution < -0.4 is 10.2 Å². The van der Waals surface area contributed by atoms with Crippen LogP contribution in [0.25, 0.3) is 0 Å². The maximum atomic E-state index is 13.0. The van der Waals surface area contributed by atoms with E-state index in [1.807, 2.05) is 6.20 Å². The normalized spacial score (nSPS) is 14.2. The minimum Gasteiger partial charge on any atom is -0.354 e. The van der Waals surface area contributed by atoms with E-state index in [2.05, 4.69) is 63.0 Å². The van der Waals surface area contributed by atoms with Crippen molar-refractivity contribution < 1.29 is 21.4 Å². The number of likely N-dealkylation sites (N-methyl/N-ethyl adjacent to an activating group) is 1. The van der Waals surface area contributed by atoms with Gasteiger partial charge in [0.15, 0.2) is 23.3 Å². The van der Waals surface area contributed by atoms with Gasteiger partial charge in [0.2, 0.25) is 0 Å². The van der Waals surface area contributed by atoms with E-state index >= 15 is 0 Å². The second-order valence-corrected chi connectivity index (χ2v) is 8.10. The van der Waals surface area contributed by atoms with Gasteiger partial charge in [-0.2, -0.15) is 3.89 Å². The number of pyridine rings is 1. The molecule has 1 aromatic heterocycles. The number of anilines is 2. The first-order valence-electron chi connectivity index (χ1n) is 8.61. The van der Waals surface area contributed by atoms with Gasteiger partial charge in [0, 0.05) is 36.8 Å². The van der Waals surface area contributed by atoms with Gasteiger partial charge >= 0.3 is 0 Å². The quantitative estimate of drug-likeness (QED) is 0.320. The first-order chi connectivity index (χ1) is 14.2. The number of halogens is 6. The Kier molecular flexibility index (Phi) is 9.26. The largest absolute Gasteiger partial charge is 0.354 e. The van der Waals surface area contributed by atoms with Gasteiger partial charge in [-0.1, -0.05) is 12.2 Å². The van der Waals surface area contributed by atoms with Gasteiger partial charge in [-0.25, -0.2) is 22.5 Å². The van der Waals surface area contributed by atoms with E-state index in [0.29, 0.717) is 5.49 Å². The lowest BCUT2D eigenvalue weighted by molar-refractivity contribution is 0.312. The molecule has 0 spiro atoms. The maximum Gasteiger partial charge on any atom is 0.186 e. The van der Waals surface area contributed by atoms with Crippen molar-refractivity contribution >= 4 is 57.3 Å². The number of aromatic nitrogens is 1. The molecule has 0 bridgehead atoms. The number of rotatable bonds is 4. The summed E-state index contributed by atoms with van der Waals surface area (Å²) in [6.45, 7) is 6.51. The first kappa shape index (κ1) is 24.8. The van der Waals surface area contributed by atoms with Crippen molar-refractivity contribution in [2.24, 2.45) is 0 Å². The van der Waals surface area contributed by atoms with Crippen molar-refractivity contribution in [3.8, 4) is 0 Å². The average molecular weight is 529 g/mol. The molecule has 0 saturated carbocycles. The van der Waals surface area contributed by atoms with Gasteiger partial charge in [0.05, 0.1) is 17.6 Å². The lowest BCUT2D eigenvalue weighted by Crippen LogP contribution is -2.45. The zero-order valence-corrected chi connectivity index (χ0v) is 19.2. The highest BCUT2D eigenvalue weighted by Crippen LogP contribution is 2.34. The molecule has 0 aliphatic carbocycles. The molecule has 1 aromatic carbocycles. The highest BCUT2D eigenvalue weighted by atomic mass is 79.9. The van der Waals surface area contributed by atoms with Crippen LogP contribution in [0.1, 0.15) is 5.56 Å². The zero-order chi connectivity index (χ0) is 22.4. The molecular weight excluding hydrogens is 511 g/mol. The number of aryl methyl sites for hydroxylation is 1. The molecule has 3 rings (SSSR count). The Hall–Kier alpha value is -1.50. The van der Waals surface area contributed by atoms with E-state index in [9.17, 15) is 21.4 Å². The van der Waals surface area contributed by atoms with E-state index in [1.165, 1.54) is 5.56 Å². The number of hydrogen-bond donors (Lipinski definition) is 1. The van der Waals surface area contributed by atoms with Gasteiger partial charge in [0.25, 0.3) is 0 Å². The molecule has 0 atom stereocenters. The molecule has 12 heteroatoms. The number of nitrogens with zero attached hydrogens (tertiary/aromatic N) is 3. The smallest absolute Gasteiger partial charge is 0.186 e. The molecule has 1 N–H and O–H groups in total. The molecular formula is C18H18BrF5N4S2. The van der Waals surface area contributed by atoms with Crippen molar-refractivity contribution in [2.75, 3.05) is 43.4 Å². The highest BCUT2D eigenvalue weighted by molar-refractivity contribution is 9.10. The van der Waals surface area contributed by atoms with E-state index in [1.54, 1.807) is 5.32 Å². The minimum atomic E-state index is -1.80. The van der Waals surface area contributed by atoms with E-state index in [-0.39, 0.29) is 0 Å². The second-order valence-electron chi connectivity index (χ2n) is 6.38. The van der Waals surface area contributed by atoms with Crippen molar-refractivity contribution in [2.45, 2.75) is 11.8 Å². The van der Waals surface area contributed by atoms with Crippen LogP contribution in [0.5, 0.6) is 0 Å². The van der Waals surface area contributed by atoms with Crippen molar-refractivity contribution in [3.63, 3.8) is 0 Å². The summed E-state index contributed by atoms with van der Waals surface area (Å²) >= 11 is 6.73. The molecule has 30 heavy (non-hydrogen) atoms. The van der Waals surface area contributed by atoms with Crippen LogP contribution in [-0.2, 0) is 0 Å². The Bertz CT molecular complexity index is 882. The monoisotopic (exact) mass is 528 g/mol. The van der Waals surface area contributed by atoms with Crippen molar-refractivity contribution in [3.05, 3.63) is 45.6 Å². The third kappa shape index (κ3) is 5.80. The Morgan fingerprint density at radius 1 is 1.10 bits per heavy atom. The average Bonchev–Trinajstić information content (AvgIpc) is 2.72. The maximum absolute atomic E-state index is 13.0. The molecule has 1 aliphatic heterocycles. The fourth-order valence-corrected chi connectivity index (χ4v) is 3.63. The lowest BCUT2D eigenvalue weighted by Gasteiger charge is -2.33. The van der Waals surface area contributed by atoms with Crippen LogP contribution in [0.3, 0.4) is 0 Å². The van der Waals surface area contributed by atoms with Gasteiger partial charge in [-0.15, -0.1) is 0 Å². The number of benzene rings is 1. The molecule has 2 aromatic rings. The summed E-state index contributed by atoms with van der Waals surface area (Å²) in [5, 5.41) is 1.81. The van der Waals surface area contributed by atoms with Crippen molar-refractivity contribution in [1.29, 1.82) is 0 Å². The summed E-state index contributed by atoms with van der Waals surface area (Å²) in [5.74, 6) is -5.93. The molecule has 1 fully saturated rings. The summed E-state index contributed by atoms with van der Waals surface area (Å²) in [6.07, 6.45) is 1.88. The van der Waals surface area contributed by atoms with Crippen molar-refractivity contribution in [1.82, 2.24) is 9.88 Å². The fraction of sp³-hybridized carbons (Fsp3) is 0.333. The summed E-state index contributed by atoms with van der Waals surface area (Å²) < 4.78 is 64.8. The Morgan fingerprint density at radius 3 is 2.13 bits per heavy atom. The standard InChI is InChI=1S/C11H16BrN3.C7H2F5NS2/c1-9-7-10(12)8-13-11(9)15-5-3-14(2)4-6-15;8-2-4(10)7(15-12)5(11)3(9)6(2)13-1-14/h7-8H,3-6H2,1-2H3;1H,(H,13,14).